The molecule has 0 fully saturated rings. The van der Waals surface area contributed by atoms with E-state index < -0.39 is 5.97 Å². The Labute approximate surface area is 166 Å². The molecule has 0 unspecified atom stereocenters. The summed E-state index contributed by atoms with van der Waals surface area (Å²) in [5.74, 6) is -0.683. The van der Waals surface area contributed by atoms with E-state index in [0.717, 1.165) is 22.0 Å². The van der Waals surface area contributed by atoms with Gasteiger partial charge in [-0.15, -0.1) is 0 Å². The number of ether oxygens (including phenoxy) is 1. The van der Waals surface area contributed by atoms with E-state index in [1.165, 1.54) is 13.2 Å². The number of hydrogen-bond donors (Lipinski definition) is 0. The summed E-state index contributed by atoms with van der Waals surface area (Å²) in [5, 5.41) is 1.48. The Morgan fingerprint density at radius 3 is 2.68 bits per heavy atom. The Bertz CT molecular complexity index is 1180. The summed E-state index contributed by atoms with van der Waals surface area (Å²) in [5.41, 5.74) is 3.75. The molecule has 0 saturated carbocycles. The summed E-state index contributed by atoms with van der Waals surface area (Å²) in [7, 11) is 1.35. The lowest BCUT2D eigenvalue weighted by atomic mass is 9.99. The van der Waals surface area contributed by atoms with E-state index >= 15 is 0 Å². The molecular weight excluding hydrogens is 377 g/mol. The molecule has 0 saturated heterocycles. The number of esters is 1. The molecule has 0 atom stereocenters. The molecule has 3 aromatic carbocycles. The molecule has 0 aliphatic rings. The van der Waals surface area contributed by atoms with E-state index in [1.807, 2.05) is 47.2 Å². The first-order valence-electron chi connectivity index (χ1n) is 8.78. The quantitative estimate of drug-likeness (QED) is 0.410. The summed E-state index contributed by atoms with van der Waals surface area (Å²) >= 11 is 6.03. The lowest BCUT2D eigenvalue weighted by molar-refractivity contribution is 0.0599. The summed E-state index contributed by atoms with van der Waals surface area (Å²) in [4.78, 5) is 12.1. The van der Waals surface area contributed by atoms with Crippen LogP contribution in [0, 0.1) is 5.82 Å². The van der Waals surface area contributed by atoms with Crippen molar-refractivity contribution < 1.29 is 13.9 Å². The number of carbonyl (C=O) groups excluding carboxylic acids is 1. The Balaban J connectivity index is 1.71. The van der Waals surface area contributed by atoms with Crippen LogP contribution in [0.25, 0.3) is 16.6 Å². The molecule has 0 bridgehead atoms. The van der Waals surface area contributed by atoms with Gasteiger partial charge in [0.25, 0.3) is 0 Å². The molecule has 0 amide bonds. The standard InChI is InChI=1S/C23H17ClFNO2/c1-28-23(27)19-14-18(24)8-7-16(19)12-15-6-9-21-17(13-15)10-11-26(21)22-5-3-2-4-20(22)25/h2-11,13-14H,12H2,1H3. The van der Waals surface area contributed by atoms with Gasteiger partial charge in [0.1, 0.15) is 5.82 Å². The summed E-state index contributed by atoms with van der Waals surface area (Å²) < 4.78 is 20.9. The molecule has 4 aromatic rings. The van der Waals surface area contributed by atoms with Crippen LogP contribution in [0.5, 0.6) is 0 Å². The minimum Gasteiger partial charge on any atom is -0.465 e. The highest BCUT2D eigenvalue weighted by molar-refractivity contribution is 6.31. The number of hydrogen-bond acceptors (Lipinski definition) is 2. The Morgan fingerprint density at radius 2 is 1.89 bits per heavy atom. The second kappa shape index (κ2) is 7.49. The Morgan fingerprint density at radius 1 is 1.07 bits per heavy atom. The Hall–Kier alpha value is -3.11. The maximum Gasteiger partial charge on any atom is 0.338 e. The molecular formula is C23H17ClFNO2. The predicted molar refractivity (Wildman–Crippen MR) is 109 cm³/mol. The molecule has 5 heteroatoms. The third kappa shape index (κ3) is 3.39. The minimum absolute atomic E-state index is 0.270. The van der Waals surface area contributed by atoms with Gasteiger partial charge in [-0.05, 0) is 60.0 Å². The van der Waals surface area contributed by atoms with Gasteiger partial charge in [0.15, 0.2) is 0 Å². The number of halogens is 2. The molecule has 0 aliphatic heterocycles. The van der Waals surface area contributed by atoms with Crippen molar-refractivity contribution in [1.29, 1.82) is 0 Å². The van der Waals surface area contributed by atoms with Gasteiger partial charge in [-0.3, -0.25) is 0 Å². The van der Waals surface area contributed by atoms with Crippen molar-refractivity contribution in [3.8, 4) is 5.69 Å². The zero-order chi connectivity index (χ0) is 19.7. The zero-order valence-corrected chi connectivity index (χ0v) is 15.9. The fourth-order valence-corrected chi connectivity index (χ4v) is 3.55. The van der Waals surface area contributed by atoms with E-state index in [4.69, 9.17) is 16.3 Å². The number of methoxy groups -OCH3 is 1. The number of fused-ring (bicyclic) bond motifs is 1. The van der Waals surface area contributed by atoms with Gasteiger partial charge in [0.05, 0.1) is 23.9 Å². The van der Waals surface area contributed by atoms with Crippen molar-refractivity contribution in [3.63, 3.8) is 0 Å². The van der Waals surface area contributed by atoms with Crippen molar-refractivity contribution in [2.24, 2.45) is 0 Å². The molecule has 0 spiro atoms. The minimum atomic E-state index is -0.413. The SMILES string of the molecule is COC(=O)c1cc(Cl)ccc1Cc1ccc2c(ccn2-c2ccccc2F)c1. The molecule has 3 nitrogen and oxygen atoms in total. The van der Waals surface area contributed by atoms with Crippen LogP contribution in [0.15, 0.2) is 72.9 Å². The van der Waals surface area contributed by atoms with Crippen molar-refractivity contribution in [1.82, 2.24) is 4.57 Å². The number of benzene rings is 3. The van der Waals surface area contributed by atoms with Gasteiger partial charge in [-0.1, -0.05) is 35.9 Å². The van der Waals surface area contributed by atoms with Crippen LogP contribution < -0.4 is 0 Å². The maximum atomic E-state index is 14.2. The van der Waals surface area contributed by atoms with Gasteiger partial charge < -0.3 is 9.30 Å². The number of aromatic nitrogens is 1. The topological polar surface area (TPSA) is 31.2 Å². The largest absolute Gasteiger partial charge is 0.465 e. The predicted octanol–water partition coefficient (Wildman–Crippen LogP) is 5.80. The van der Waals surface area contributed by atoms with Crippen LogP contribution in [0.2, 0.25) is 5.02 Å². The second-order valence-corrected chi connectivity index (χ2v) is 6.94. The zero-order valence-electron chi connectivity index (χ0n) is 15.2. The summed E-state index contributed by atoms with van der Waals surface area (Å²) in [6, 6.07) is 19.8. The number of nitrogens with zero attached hydrogens (tertiary/aromatic N) is 1. The van der Waals surface area contributed by atoms with Gasteiger partial charge in [0, 0.05) is 16.6 Å². The smallest absolute Gasteiger partial charge is 0.338 e. The molecule has 4 rings (SSSR count). The van der Waals surface area contributed by atoms with E-state index in [0.29, 0.717) is 22.7 Å². The fourth-order valence-electron chi connectivity index (χ4n) is 3.38. The van der Waals surface area contributed by atoms with Crippen LogP contribution in [-0.2, 0) is 11.2 Å². The van der Waals surface area contributed by atoms with E-state index in [2.05, 4.69) is 0 Å². The molecule has 28 heavy (non-hydrogen) atoms. The van der Waals surface area contributed by atoms with Gasteiger partial charge in [-0.25, -0.2) is 9.18 Å². The second-order valence-electron chi connectivity index (χ2n) is 6.50. The van der Waals surface area contributed by atoms with Crippen LogP contribution in [-0.4, -0.2) is 17.6 Å². The lowest BCUT2D eigenvalue weighted by Gasteiger charge is -2.10. The summed E-state index contributed by atoms with van der Waals surface area (Å²) in [6.07, 6.45) is 2.41. The number of rotatable bonds is 4. The fraction of sp³-hybridized carbons (Fsp3) is 0.0870. The highest BCUT2D eigenvalue weighted by Gasteiger charge is 2.14. The normalized spacial score (nSPS) is 11.0. The highest BCUT2D eigenvalue weighted by Crippen LogP contribution is 2.26. The van der Waals surface area contributed by atoms with Crippen LogP contribution in [0.3, 0.4) is 0 Å². The molecule has 0 aliphatic carbocycles. The van der Waals surface area contributed by atoms with Crippen LogP contribution in [0.1, 0.15) is 21.5 Å². The van der Waals surface area contributed by atoms with Crippen LogP contribution >= 0.6 is 11.6 Å². The first-order chi connectivity index (χ1) is 13.6. The average molecular weight is 394 g/mol. The maximum absolute atomic E-state index is 14.2. The van der Waals surface area contributed by atoms with E-state index in [-0.39, 0.29) is 5.82 Å². The molecule has 0 radical (unpaired) electrons. The lowest BCUT2D eigenvalue weighted by Crippen LogP contribution is -2.06. The van der Waals surface area contributed by atoms with Gasteiger partial charge in [0.2, 0.25) is 0 Å². The van der Waals surface area contributed by atoms with E-state index in [9.17, 15) is 9.18 Å². The van der Waals surface area contributed by atoms with Crippen molar-refractivity contribution in [3.05, 3.63) is 100 Å². The third-order valence-corrected chi connectivity index (χ3v) is 4.97. The molecule has 0 N–H and O–H groups in total. The van der Waals surface area contributed by atoms with Crippen molar-refractivity contribution in [2.75, 3.05) is 7.11 Å². The number of carbonyl (C=O) groups is 1. The Kier molecular flexibility index (Phi) is 4.88. The number of para-hydroxylation sites is 1. The first kappa shape index (κ1) is 18.3. The monoisotopic (exact) mass is 393 g/mol. The van der Waals surface area contributed by atoms with Gasteiger partial charge in [-0.2, -0.15) is 0 Å². The highest BCUT2D eigenvalue weighted by atomic mass is 35.5. The van der Waals surface area contributed by atoms with Crippen molar-refractivity contribution in [2.45, 2.75) is 6.42 Å². The average Bonchev–Trinajstić information content (AvgIpc) is 3.12. The molecule has 1 heterocycles. The first-order valence-corrected chi connectivity index (χ1v) is 9.16. The molecule has 1 aromatic heterocycles. The molecule has 140 valence electrons. The summed E-state index contributed by atoms with van der Waals surface area (Å²) in [6.45, 7) is 0. The third-order valence-electron chi connectivity index (χ3n) is 4.74. The van der Waals surface area contributed by atoms with E-state index in [1.54, 1.807) is 24.3 Å². The van der Waals surface area contributed by atoms with Gasteiger partial charge >= 0.3 is 5.97 Å². The van der Waals surface area contributed by atoms with Crippen molar-refractivity contribution >= 4 is 28.5 Å². The van der Waals surface area contributed by atoms with Crippen LogP contribution in [0.4, 0.5) is 4.39 Å².